The molecule has 2 aliphatic heterocycles. The van der Waals surface area contributed by atoms with Gasteiger partial charge in [-0.25, -0.2) is 4.99 Å². The number of nitrogens with zero attached hydrogens (tertiary/aromatic N) is 1. The first-order valence-corrected chi connectivity index (χ1v) is 9.20. The van der Waals surface area contributed by atoms with Crippen LogP contribution in [0.4, 0.5) is 0 Å². The molecule has 0 spiro atoms. The van der Waals surface area contributed by atoms with Crippen molar-refractivity contribution in [1.82, 2.24) is 10.6 Å². The molecule has 2 aliphatic rings. The summed E-state index contributed by atoms with van der Waals surface area (Å²) in [5.74, 6) is 1.77. The Morgan fingerprint density at radius 2 is 2.08 bits per heavy atom. The molecule has 2 saturated heterocycles. The van der Waals surface area contributed by atoms with Crippen molar-refractivity contribution in [3.8, 4) is 5.75 Å². The summed E-state index contributed by atoms with van der Waals surface area (Å²) >= 11 is 0. The predicted octanol–water partition coefficient (Wildman–Crippen LogP) is 3.34. The second-order valence-corrected chi connectivity index (χ2v) is 6.54. The van der Waals surface area contributed by atoms with Crippen LogP contribution in [0.2, 0.25) is 0 Å². The van der Waals surface area contributed by atoms with Gasteiger partial charge in [-0.3, -0.25) is 0 Å². The van der Waals surface area contributed by atoms with Crippen molar-refractivity contribution in [2.75, 3.05) is 13.1 Å². The summed E-state index contributed by atoms with van der Waals surface area (Å²) in [5, 5.41) is 6.89. The Labute approximate surface area is 168 Å². The highest BCUT2D eigenvalue weighted by Crippen LogP contribution is 2.34. The van der Waals surface area contributed by atoms with Gasteiger partial charge in [-0.15, -0.1) is 24.0 Å². The van der Waals surface area contributed by atoms with Gasteiger partial charge in [-0.2, -0.15) is 0 Å². The van der Waals surface area contributed by atoms with E-state index in [1.54, 1.807) is 0 Å². The number of ether oxygens (including phenoxy) is 2. The first-order chi connectivity index (χ1) is 11.8. The lowest BCUT2D eigenvalue weighted by Gasteiger charge is -2.23. The van der Waals surface area contributed by atoms with Crippen LogP contribution in [-0.4, -0.2) is 43.4 Å². The lowest BCUT2D eigenvalue weighted by Crippen LogP contribution is -2.47. The number of para-hydroxylation sites is 1. The lowest BCUT2D eigenvalue weighted by molar-refractivity contribution is 0.0992. The number of hydrogen-bond acceptors (Lipinski definition) is 3. The fraction of sp³-hybridized carbons (Fsp3) is 0.632. The molecule has 2 N–H and O–H groups in total. The van der Waals surface area contributed by atoms with E-state index >= 15 is 0 Å². The van der Waals surface area contributed by atoms with E-state index in [-0.39, 0.29) is 30.1 Å². The average molecular weight is 459 g/mol. The largest absolute Gasteiger partial charge is 0.489 e. The zero-order chi connectivity index (χ0) is 16.8. The minimum Gasteiger partial charge on any atom is -0.489 e. The maximum absolute atomic E-state index is 6.02. The van der Waals surface area contributed by atoms with Gasteiger partial charge in [-0.05, 0) is 44.7 Å². The first-order valence-electron chi connectivity index (χ1n) is 9.20. The van der Waals surface area contributed by atoms with E-state index in [0.29, 0.717) is 24.8 Å². The molecule has 3 rings (SSSR count). The molecule has 2 fully saturated rings. The van der Waals surface area contributed by atoms with Crippen LogP contribution in [0.1, 0.15) is 39.5 Å². The van der Waals surface area contributed by atoms with E-state index in [0.717, 1.165) is 37.5 Å². The molecule has 0 aromatic heterocycles. The minimum atomic E-state index is 0. The summed E-state index contributed by atoms with van der Waals surface area (Å²) in [6.07, 6.45) is 5.26. The Kier molecular flexibility index (Phi) is 8.29. The van der Waals surface area contributed by atoms with Crippen LogP contribution in [0.25, 0.3) is 0 Å². The second-order valence-electron chi connectivity index (χ2n) is 6.54. The van der Waals surface area contributed by atoms with Gasteiger partial charge in [0.2, 0.25) is 0 Å². The van der Waals surface area contributed by atoms with Gasteiger partial charge >= 0.3 is 0 Å². The standard InChI is InChI=1S/C19H29N3O2.HI/c1-3-14(23-15-8-6-5-7-9-15)13-21-19(20-4-2)22-17-12-16-10-11-18(17)24-16;/h5-9,14,16-18H,3-4,10-13H2,1-2H3,(H2,20,21,22);1H. The Balaban J connectivity index is 0.00000225. The molecule has 0 amide bonds. The summed E-state index contributed by atoms with van der Waals surface area (Å²) < 4.78 is 11.9. The zero-order valence-corrected chi connectivity index (χ0v) is 17.4. The van der Waals surface area contributed by atoms with E-state index in [9.17, 15) is 0 Å². The quantitative estimate of drug-likeness (QED) is 0.373. The Hall–Kier alpha value is -1.02. The van der Waals surface area contributed by atoms with Crippen LogP contribution in [0.3, 0.4) is 0 Å². The van der Waals surface area contributed by atoms with E-state index in [2.05, 4.69) is 24.5 Å². The monoisotopic (exact) mass is 459 g/mol. The third-order valence-electron chi connectivity index (χ3n) is 4.73. The van der Waals surface area contributed by atoms with Crippen molar-refractivity contribution in [2.24, 2.45) is 4.99 Å². The summed E-state index contributed by atoms with van der Waals surface area (Å²) in [4.78, 5) is 4.74. The molecule has 5 nitrogen and oxygen atoms in total. The molecular formula is C19H30IN3O2. The van der Waals surface area contributed by atoms with Crippen molar-refractivity contribution in [3.63, 3.8) is 0 Å². The third-order valence-corrected chi connectivity index (χ3v) is 4.73. The molecule has 6 heteroatoms. The van der Waals surface area contributed by atoms with Crippen molar-refractivity contribution in [3.05, 3.63) is 30.3 Å². The molecule has 2 heterocycles. The number of halogens is 1. The first kappa shape index (κ1) is 20.3. The third kappa shape index (κ3) is 5.74. The summed E-state index contributed by atoms with van der Waals surface area (Å²) in [7, 11) is 0. The maximum atomic E-state index is 6.02. The Morgan fingerprint density at radius 1 is 1.28 bits per heavy atom. The zero-order valence-electron chi connectivity index (χ0n) is 15.1. The van der Waals surface area contributed by atoms with Gasteiger partial charge < -0.3 is 20.1 Å². The molecule has 0 aliphatic carbocycles. The molecule has 140 valence electrons. The van der Waals surface area contributed by atoms with Crippen LogP contribution in [0, 0.1) is 0 Å². The number of fused-ring (bicyclic) bond motifs is 2. The molecule has 1 aromatic rings. The minimum absolute atomic E-state index is 0. The molecule has 4 unspecified atom stereocenters. The summed E-state index contributed by atoms with van der Waals surface area (Å²) in [5.41, 5.74) is 0. The number of rotatable bonds is 7. The Morgan fingerprint density at radius 3 is 2.68 bits per heavy atom. The molecule has 0 radical (unpaired) electrons. The average Bonchev–Trinajstić information content (AvgIpc) is 3.22. The van der Waals surface area contributed by atoms with Crippen LogP contribution in [0.5, 0.6) is 5.75 Å². The smallest absolute Gasteiger partial charge is 0.191 e. The molecule has 2 bridgehead atoms. The summed E-state index contributed by atoms with van der Waals surface area (Å²) in [6.45, 7) is 5.71. The maximum Gasteiger partial charge on any atom is 0.191 e. The highest BCUT2D eigenvalue weighted by Gasteiger charge is 2.41. The Bertz CT molecular complexity index is 541. The van der Waals surface area contributed by atoms with E-state index < -0.39 is 0 Å². The van der Waals surface area contributed by atoms with Gasteiger partial charge in [-0.1, -0.05) is 25.1 Å². The normalized spacial score (nSPS) is 26.0. The van der Waals surface area contributed by atoms with E-state index in [1.807, 2.05) is 30.3 Å². The SMILES string of the molecule is CCNC(=NCC(CC)Oc1ccccc1)NC1CC2CCC1O2.I. The number of hydrogen-bond donors (Lipinski definition) is 2. The van der Waals surface area contributed by atoms with Gasteiger partial charge in [0.15, 0.2) is 5.96 Å². The number of aliphatic imine (C=N–C) groups is 1. The van der Waals surface area contributed by atoms with Gasteiger partial charge in [0.05, 0.1) is 24.8 Å². The van der Waals surface area contributed by atoms with Crippen molar-refractivity contribution in [1.29, 1.82) is 0 Å². The van der Waals surface area contributed by atoms with E-state index in [1.165, 1.54) is 6.42 Å². The van der Waals surface area contributed by atoms with Crippen molar-refractivity contribution >= 4 is 29.9 Å². The molecule has 0 saturated carbocycles. The molecule has 25 heavy (non-hydrogen) atoms. The van der Waals surface area contributed by atoms with Crippen molar-refractivity contribution < 1.29 is 9.47 Å². The summed E-state index contributed by atoms with van der Waals surface area (Å²) in [6, 6.07) is 10.3. The fourth-order valence-corrected chi connectivity index (χ4v) is 3.42. The topological polar surface area (TPSA) is 54.9 Å². The van der Waals surface area contributed by atoms with Crippen molar-refractivity contribution in [2.45, 2.75) is 63.9 Å². The molecule has 4 atom stereocenters. The number of guanidine groups is 1. The van der Waals surface area contributed by atoms with Gasteiger partial charge in [0.25, 0.3) is 0 Å². The number of nitrogens with one attached hydrogen (secondary N) is 2. The second kappa shape index (κ2) is 10.2. The predicted molar refractivity (Wildman–Crippen MR) is 112 cm³/mol. The van der Waals surface area contributed by atoms with Gasteiger partial charge in [0, 0.05) is 6.54 Å². The molecule has 1 aromatic carbocycles. The van der Waals surface area contributed by atoms with Crippen LogP contribution < -0.4 is 15.4 Å². The lowest BCUT2D eigenvalue weighted by atomic mass is 9.96. The number of benzene rings is 1. The van der Waals surface area contributed by atoms with Crippen LogP contribution >= 0.6 is 24.0 Å². The fourth-order valence-electron chi connectivity index (χ4n) is 3.42. The van der Waals surface area contributed by atoms with Gasteiger partial charge in [0.1, 0.15) is 11.9 Å². The highest BCUT2D eigenvalue weighted by molar-refractivity contribution is 14.0. The van der Waals surface area contributed by atoms with Crippen LogP contribution in [-0.2, 0) is 4.74 Å². The van der Waals surface area contributed by atoms with Crippen LogP contribution in [0.15, 0.2) is 35.3 Å². The van der Waals surface area contributed by atoms with E-state index in [4.69, 9.17) is 14.5 Å². The highest BCUT2D eigenvalue weighted by atomic mass is 127. The molecular weight excluding hydrogens is 429 g/mol.